The van der Waals surface area contributed by atoms with E-state index in [2.05, 4.69) is 9.88 Å². The normalized spacial score (nSPS) is 14.1. The minimum Gasteiger partial charge on any atom is -0.368 e. The fourth-order valence-electron chi connectivity index (χ4n) is 3.46. The van der Waals surface area contributed by atoms with Crippen molar-refractivity contribution >= 4 is 28.6 Å². The third kappa shape index (κ3) is 3.97. The summed E-state index contributed by atoms with van der Waals surface area (Å²) in [6.45, 7) is 4.48. The van der Waals surface area contributed by atoms with Gasteiger partial charge in [0.25, 0.3) is 11.6 Å². The van der Waals surface area contributed by atoms with Crippen molar-refractivity contribution in [3.63, 3.8) is 0 Å². The molecule has 1 amide bonds. The molecule has 1 aromatic heterocycles. The maximum atomic E-state index is 13.2. The summed E-state index contributed by atoms with van der Waals surface area (Å²) in [5.41, 5.74) is 2.71. The first-order valence-electron chi connectivity index (χ1n) is 9.34. The molecule has 0 N–H and O–H groups in total. The van der Waals surface area contributed by atoms with Crippen LogP contribution in [0.1, 0.15) is 14.7 Å². The van der Waals surface area contributed by atoms with Crippen LogP contribution in [0.3, 0.4) is 0 Å². The van der Waals surface area contributed by atoms with Gasteiger partial charge in [0.15, 0.2) is 0 Å². The van der Waals surface area contributed by atoms with Crippen molar-refractivity contribution in [2.45, 2.75) is 6.92 Å². The van der Waals surface area contributed by atoms with Crippen molar-refractivity contribution in [2.75, 3.05) is 31.1 Å². The topological polar surface area (TPSA) is 79.6 Å². The van der Waals surface area contributed by atoms with Crippen LogP contribution in [0.2, 0.25) is 0 Å². The molecule has 0 unspecified atom stereocenters. The largest absolute Gasteiger partial charge is 0.368 e. The van der Waals surface area contributed by atoms with E-state index < -0.39 is 4.92 Å². The zero-order valence-electron chi connectivity index (χ0n) is 15.9. The lowest BCUT2D eigenvalue weighted by Crippen LogP contribution is -2.48. The molecule has 0 saturated carbocycles. The van der Waals surface area contributed by atoms with Crippen molar-refractivity contribution in [3.8, 4) is 11.3 Å². The van der Waals surface area contributed by atoms with E-state index in [-0.39, 0.29) is 11.6 Å². The summed E-state index contributed by atoms with van der Waals surface area (Å²) in [4.78, 5) is 32.9. The van der Waals surface area contributed by atoms with E-state index in [0.29, 0.717) is 31.1 Å². The smallest absolute Gasteiger partial charge is 0.269 e. The van der Waals surface area contributed by atoms with Gasteiger partial charge in [-0.15, -0.1) is 11.3 Å². The van der Waals surface area contributed by atoms with Gasteiger partial charge < -0.3 is 9.80 Å². The van der Waals surface area contributed by atoms with Crippen molar-refractivity contribution in [1.82, 2.24) is 9.88 Å². The van der Waals surface area contributed by atoms with Crippen molar-refractivity contribution in [1.29, 1.82) is 0 Å². The number of non-ortho nitro benzene ring substituents is 1. The third-order valence-corrected chi connectivity index (χ3v) is 5.93. The molecule has 1 fully saturated rings. The minimum absolute atomic E-state index is 0.0119. The van der Waals surface area contributed by atoms with Crippen molar-refractivity contribution in [2.24, 2.45) is 0 Å². The van der Waals surface area contributed by atoms with E-state index in [1.54, 1.807) is 12.1 Å². The summed E-state index contributed by atoms with van der Waals surface area (Å²) in [6.07, 6.45) is 0. The van der Waals surface area contributed by atoms with Gasteiger partial charge in [-0.05, 0) is 19.1 Å². The van der Waals surface area contributed by atoms with Crippen LogP contribution >= 0.6 is 11.3 Å². The number of carbonyl (C=O) groups is 1. The standard InChI is InChI=1S/C21H20N4O3S/c1-15-22-19(16-5-3-2-4-6-16)20(29-15)21(26)24-13-11-23(12-14-24)17-7-9-18(10-8-17)25(27)28/h2-10H,11-14H2,1H3. The number of hydrogen-bond acceptors (Lipinski definition) is 6. The quantitative estimate of drug-likeness (QED) is 0.482. The lowest BCUT2D eigenvalue weighted by atomic mass is 10.1. The number of nitrogens with zero attached hydrogens (tertiary/aromatic N) is 4. The van der Waals surface area contributed by atoms with Gasteiger partial charge in [0.05, 0.1) is 15.6 Å². The molecule has 7 nitrogen and oxygen atoms in total. The van der Waals surface area contributed by atoms with Crippen molar-refractivity contribution < 1.29 is 9.72 Å². The Morgan fingerprint density at radius 3 is 2.31 bits per heavy atom. The van der Waals surface area contributed by atoms with Gasteiger partial charge in [-0.2, -0.15) is 0 Å². The number of nitro groups is 1. The molecule has 8 heteroatoms. The molecule has 0 atom stereocenters. The Bertz CT molecular complexity index is 1030. The number of carbonyl (C=O) groups excluding carboxylic acids is 1. The molecular formula is C21H20N4O3S. The molecule has 29 heavy (non-hydrogen) atoms. The second-order valence-electron chi connectivity index (χ2n) is 6.83. The Morgan fingerprint density at radius 2 is 1.69 bits per heavy atom. The molecule has 1 aliphatic rings. The maximum Gasteiger partial charge on any atom is 0.269 e. The lowest BCUT2D eigenvalue weighted by Gasteiger charge is -2.36. The number of hydrogen-bond donors (Lipinski definition) is 0. The molecule has 0 spiro atoms. The summed E-state index contributed by atoms with van der Waals surface area (Å²) in [6, 6.07) is 16.3. The molecule has 3 aromatic rings. The van der Waals surface area contributed by atoms with Crippen LogP contribution in [0.5, 0.6) is 0 Å². The Hall–Kier alpha value is -3.26. The molecule has 0 aliphatic carbocycles. The monoisotopic (exact) mass is 408 g/mol. The predicted molar refractivity (Wildman–Crippen MR) is 113 cm³/mol. The number of aromatic nitrogens is 1. The summed E-state index contributed by atoms with van der Waals surface area (Å²) in [5.74, 6) is 0.0119. The second kappa shape index (κ2) is 8.00. The van der Waals surface area contributed by atoms with Gasteiger partial charge in [0.2, 0.25) is 0 Å². The summed E-state index contributed by atoms with van der Waals surface area (Å²) in [7, 11) is 0. The highest BCUT2D eigenvalue weighted by molar-refractivity contribution is 7.14. The molecule has 0 bridgehead atoms. The van der Waals surface area contributed by atoms with Crippen LogP contribution in [0.4, 0.5) is 11.4 Å². The summed E-state index contributed by atoms with van der Waals surface area (Å²) >= 11 is 1.43. The zero-order chi connectivity index (χ0) is 20.4. The van der Waals surface area contributed by atoms with Gasteiger partial charge in [-0.1, -0.05) is 30.3 Å². The molecule has 1 aliphatic heterocycles. The number of nitro benzene ring substituents is 1. The van der Waals surface area contributed by atoms with Gasteiger partial charge in [-0.25, -0.2) is 4.98 Å². The number of aryl methyl sites for hydroxylation is 1. The molecule has 1 saturated heterocycles. The number of piperazine rings is 1. The average Bonchev–Trinajstić information content (AvgIpc) is 3.16. The van der Waals surface area contributed by atoms with E-state index in [0.717, 1.165) is 22.0 Å². The Kier molecular flexibility index (Phi) is 5.26. The minimum atomic E-state index is -0.401. The summed E-state index contributed by atoms with van der Waals surface area (Å²) in [5, 5.41) is 11.7. The third-order valence-electron chi connectivity index (χ3n) is 4.97. The average molecular weight is 408 g/mol. The molecule has 2 heterocycles. The highest BCUT2D eigenvalue weighted by Crippen LogP contribution is 2.30. The van der Waals surface area contributed by atoms with Gasteiger partial charge >= 0.3 is 0 Å². The van der Waals surface area contributed by atoms with Gasteiger partial charge in [-0.3, -0.25) is 14.9 Å². The van der Waals surface area contributed by atoms with Crippen LogP contribution in [0.25, 0.3) is 11.3 Å². The van der Waals surface area contributed by atoms with E-state index in [1.807, 2.05) is 42.2 Å². The van der Waals surface area contributed by atoms with Crippen molar-refractivity contribution in [3.05, 3.63) is 74.6 Å². The SMILES string of the molecule is Cc1nc(-c2ccccc2)c(C(=O)N2CCN(c3ccc([N+](=O)[O-])cc3)CC2)s1. The van der Waals surface area contributed by atoms with E-state index in [1.165, 1.54) is 23.5 Å². The van der Waals surface area contributed by atoms with Gasteiger partial charge in [0.1, 0.15) is 4.88 Å². The first kappa shape index (κ1) is 19.1. The fraction of sp³-hybridized carbons (Fsp3) is 0.238. The molecule has 148 valence electrons. The van der Waals surface area contributed by atoms with Crippen LogP contribution in [0.15, 0.2) is 54.6 Å². The first-order valence-corrected chi connectivity index (χ1v) is 10.2. The molecule has 4 rings (SSSR count). The van der Waals surface area contributed by atoms with E-state index >= 15 is 0 Å². The van der Waals surface area contributed by atoms with Gasteiger partial charge in [0, 0.05) is 49.6 Å². The Labute approximate surface area is 172 Å². The number of amides is 1. The second-order valence-corrected chi connectivity index (χ2v) is 8.03. The van der Waals surface area contributed by atoms with Crippen LogP contribution in [-0.2, 0) is 0 Å². The Morgan fingerprint density at radius 1 is 1.03 bits per heavy atom. The van der Waals surface area contributed by atoms with Crippen LogP contribution in [-0.4, -0.2) is 46.9 Å². The number of benzene rings is 2. The predicted octanol–water partition coefficient (Wildman–Crippen LogP) is 3.99. The summed E-state index contributed by atoms with van der Waals surface area (Å²) < 4.78 is 0. The molecular weight excluding hydrogens is 388 g/mol. The molecule has 2 aromatic carbocycles. The Balaban J connectivity index is 1.47. The van der Waals surface area contributed by atoms with E-state index in [9.17, 15) is 14.9 Å². The fourth-order valence-corrected chi connectivity index (χ4v) is 4.37. The van der Waals surface area contributed by atoms with E-state index in [4.69, 9.17) is 0 Å². The van der Waals surface area contributed by atoms with Crippen LogP contribution in [0, 0.1) is 17.0 Å². The van der Waals surface area contributed by atoms with Crippen LogP contribution < -0.4 is 4.90 Å². The number of rotatable bonds is 4. The highest BCUT2D eigenvalue weighted by Gasteiger charge is 2.27. The molecule has 0 radical (unpaired) electrons. The number of anilines is 1. The zero-order valence-corrected chi connectivity index (χ0v) is 16.8. The highest BCUT2D eigenvalue weighted by atomic mass is 32.1. The maximum absolute atomic E-state index is 13.2. The first-order chi connectivity index (χ1) is 14.0. The lowest BCUT2D eigenvalue weighted by molar-refractivity contribution is -0.384. The number of thiazole rings is 1.